The minimum atomic E-state index is 0.262. The van der Waals surface area contributed by atoms with Crippen LogP contribution in [0, 0.1) is 0 Å². The first-order valence-corrected chi connectivity index (χ1v) is 6.44. The number of benzene rings is 1. The molecule has 0 amide bonds. The van der Waals surface area contributed by atoms with E-state index in [0.29, 0.717) is 0 Å². The third-order valence-corrected chi connectivity index (χ3v) is 3.56. The normalized spacial score (nSPS) is 13.5. The second kappa shape index (κ2) is 3.96. The Morgan fingerprint density at radius 1 is 1.21 bits per heavy atom. The van der Waals surface area contributed by atoms with Gasteiger partial charge in [-0.3, -0.25) is 0 Å². The summed E-state index contributed by atoms with van der Waals surface area (Å²) in [5, 5.41) is 1.39. The maximum absolute atomic E-state index is 5.87. The maximum Gasteiger partial charge on any atom is 0.222 e. The predicted octanol–water partition coefficient (Wildman–Crippen LogP) is 3.14. The van der Waals surface area contributed by atoms with Crippen LogP contribution in [0.1, 0.15) is 0 Å². The first kappa shape index (κ1) is 10.8. The van der Waals surface area contributed by atoms with Gasteiger partial charge < -0.3 is 9.30 Å². The number of nitrogens with zero attached hydrogens (tertiary/aromatic N) is 3. The van der Waals surface area contributed by atoms with Gasteiger partial charge in [0.15, 0.2) is 0 Å². The van der Waals surface area contributed by atoms with Gasteiger partial charge in [0.25, 0.3) is 0 Å². The first-order valence-electron chi connectivity index (χ1n) is 6.06. The van der Waals surface area contributed by atoms with E-state index in [1.807, 2.05) is 18.2 Å². The molecule has 0 atom stereocenters. The highest BCUT2D eigenvalue weighted by Crippen LogP contribution is 2.36. The molecule has 0 spiro atoms. The molecule has 0 unspecified atom stereocenters. The molecule has 4 rings (SSSR count). The monoisotopic (exact) mass is 271 g/mol. The van der Waals surface area contributed by atoms with Gasteiger partial charge in [-0.25, -0.2) is 9.97 Å². The summed E-state index contributed by atoms with van der Waals surface area (Å²) < 4.78 is 7.90. The highest BCUT2D eigenvalue weighted by atomic mass is 35.5. The summed E-state index contributed by atoms with van der Waals surface area (Å²) in [5.74, 6) is 0.926. The van der Waals surface area contributed by atoms with E-state index in [1.165, 1.54) is 0 Å². The highest BCUT2D eigenvalue weighted by molar-refractivity contribution is 6.28. The third kappa shape index (κ3) is 1.60. The van der Waals surface area contributed by atoms with Crippen LogP contribution in [0.4, 0.5) is 0 Å². The van der Waals surface area contributed by atoms with Crippen molar-refractivity contribution in [2.45, 2.75) is 6.54 Å². The molecular weight excluding hydrogens is 262 g/mol. The van der Waals surface area contributed by atoms with E-state index < -0.39 is 0 Å². The van der Waals surface area contributed by atoms with Gasteiger partial charge in [-0.05, 0) is 35.9 Å². The molecule has 0 fully saturated rings. The predicted molar refractivity (Wildman–Crippen MR) is 73.5 cm³/mol. The molecule has 94 valence electrons. The number of hydrogen-bond donors (Lipinski definition) is 0. The zero-order chi connectivity index (χ0) is 12.8. The lowest BCUT2D eigenvalue weighted by molar-refractivity contribution is 0.287. The third-order valence-electron chi connectivity index (χ3n) is 3.38. The molecule has 0 radical (unpaired) electrons. The highest BCUT2D eigenvalue weighted by Gasteiger charge is 2.17. The maximum atomic E-state index is 5.87. The molecule has 0 saturated heterocycles. The lowest BCUT2D eigenvalue weighted by atomic mass is 10.1. The molecule has 0 saturated carbocycles. The lowest BCUT2D eigenvalue weighted by Crippen LogP contribution is -2.13. The van der Waals surface area contributed by atoms with Gasteiger partial charge in [0.2, 0.25) is 5.28 Å². The van der Waals surface area contributed by atoms with Gasteiger partial charge in [-0.1, -0.05) is 0 Å². The Balaban J connectivity index is 2.02. The van der Waals surface area contributed by atoms with E-state index >= 15 is 0 Å². The number of ether oxygens (including phenoxy) is 1. The van der Waals surface area contributed by atoms with Crippen molar-refractivity contribution in [3.8, 4) is 17.0 Å². The smallest absolute Gasteiger partial charge is 0.222 e. The summed E-state index contributed by atoms with van der Waals surface area (Å²) >= 11 is 5.87. The SMILES string of the molecule is Clc1nccc(-c2ccc3c4c2ccn4CCO3)n1. The summed E-state index contributed by atoms with van der Waals surface area (Å²) in [6.45, 7) is 1.60. The molecule has 4 nitrogen and oxygen atoms in total. The van der Waals surface area contributed by atoms with Gasteiger partial charge in [0.05, 0.1) is 17.8 Å². The Labute approximate surface area is 114 Å². The molecule has 1 aliphatic heterocycles. The van der Waals surface area contributed by atoms with Crippen molar-refractivity contribution in [3.05, 3.63) is 41.9 Å². The molecule has 3 heterocycles. The van der Waals surface area contributed by atoms with Gasteiger partial charge >= 0.3 is 0 Å². The van der Waals surface area contributed by atoms with Crippen LogP contribution in [0.2, 0.25) is 5.28 Å². The van der Waals surface area contributed by atoms with Crippen LogP contribution in [0.15, 0.2) is 36.7 Å². The van der Waals surface area contributed by atoms with Crippen molar-refractivity contribution in [1.82, 2.24) is 14.5 Å². The van der Waals surface area contributed by atoms with Gasteiger partial charge in [-0.2, -0.15) is 0 Å². The lowest BCUT2D eigenvalue weighted by Gasteiger charge is -2.18. The summed E-state index contributed by atoms with van der Waals surface area (Å²) in [5.41, 5.74) is 3.00. The number of halogens is 1. The van der Waals surface area contributed by atoms with Gasteiger partial charge in [-0.15, -0.1) is 0 Å². The summed E-state index contributed by atoms with van der Waals surface area (Å²) in [6.07, 6.45) is 3.76. The molecule has 5 heteroatoms. The van der Waals surface area contributed by atoms with Crippen LogP contribution in [0.25, 0.3) is 22.2 Å². The van der Waals surface area contributed by atoms with E-state index in [9.17, 15) is 0 Å². The molecule has 0 aliphatic carbocycles. The Kier molecular flexibility index (Phi) is 2.26. The fourth-order valence-corrected chi connectivity index (χ4v) is 2.70. The van der Waals surface area contributed by atoms with Gasteiger partial charge in [0.1, 0.15) is 12.4 Å². The van der Waals surface area contributed by atoms with Crippen molar-refractivity contribution >= 4 is 22.5 Å². The van der Waals surface area contributed by atoms with E-state index in [1.54, 1.807) is 6.20 Å². The minimum Gasteiger partial charge on any atom is -0.490 e. The summed E-state index contributed by atoms with van der Waals surface area (Å²) in [4.78, 5) is 8.20. The zero-order valence-electron chi connectivity index (χ0n) is 10.0. The Hall–Kier alpha value is -2.07. The van der Waals surface area contributed by atoms with Crippen LogP contribution in [-0.2, 0) is 6.54 Å². The van der Waals surface area contributed by atoms with Crippen LogP contribution >= 0.6 is 11.6 Å². The van der Waals surface area contributed by atoms with Crippen LogP contribution < -0.4 is 4.74 Å². The Morgan fingerprint density at radius 2 is 2.16 bits per heavy atom. The van der Waals surface area contributed by atoms with Gasteiger partial charge in [0, 0.05) is 23.3 Å². The van der Waals surface area contributed by atoms with Crippen molar-refractivity contribution < 1.29 is 4.74 Å². The molecular formula is C14H10ClN3O. The molecule has 1 aromatic carbocycles. The largest absolute Gasteiger partial charge is 0.490 e. The summed E-state index contributed by atoms with van der Waals surface area (Å²) in [6, 6.07) is 7.97. The van der Waals surface area contributed by atoms with Crippen molar-refractivity contribution in [2.24, 2.45) is 0 Å². The van der Waals surface area contributed by atoms with E-state index in [2.05, 4.69) is 26.8 Å². The number of aromatic nitrogens is 3. The Bertz CT molecular complexity index is 781. The average molecular weight is 272 g/mol. The van der Waals surface area contributed by atoms with Crippen LogP contribution in [0.3, 0.4) is 0 Å². The molecule has 2 aromatic heterocycles. The molecule has 3 aromatic rings. The number of hydrogen-bond acceptors (Lipinski definition) is 3. The molecule has 1 aliphatic rings. The Morgan fingerprint density at radius 3 is 3.05 bits per heavy atom. The van der Waals surface area contributed by atoms with Crippen molar-refractivity contribution in [2.75, 3.05) is 6.61 Å². The fraction of sp³-hybridized carbons (Fsp3) is 0.143. The second-order valence-corrected chi connectivity index (χ2v) is 4.78. The number of rotatable bonds is 1. The van der Waals surface area contributed by atoms with Crippen molar-refractivity contribution in [1.29, 1.82) is 0 Å². The van der Waals surface area contributed by atoms with E-state index in [-0.39, 0.29) is 5.28 Å². The fourth-order valence-electron chi connectivity index (χ4n) is 2.56. The molecule has 0 bridgehead atoms. The van der Waals surface area contributed by atoms with Crippen molar-refractivity contribution in [3.63, 3.8) is 0 Å². The minimum absolute atomic E-state index is 0.262. The first-order chi connectivity index (χ1) is 9.33. The summed E-state index contributed by atoms with van der Waals surface area (Å²) in [7, 11) is 0. The zero-order valence-corrected chi connectivity index (χ0v) is 10.8. The van der Waals surface area contributed by atoms with Crippen LogP contribution in [-0.4, -0.2) is 21.1 Å². The quantitative estimate of drug-likeness (QED) is 0.638. The molecule has 0 N–H and O–H groups in total. The average Bonchev–Trinajstić information content (AvgIpc) is 2.86. The topological polar surface area (TPSA) is 39.9 Å². The second-order valence-electron chi connectivity index (χ2n) is 4.44. The standard InChI is InChI=1S/C14H10ClN3O/c15-14-16-5-3-11(17-14)9-1-2-12-13-10(9)4-6-18(13)7-8-19-12/h1-6H,7-8H2. The van der Waals surface area contributed by atoms with E-state index in [0.717, 1.165) is 41.1 Å². The van der Waals surface area contributed by atoms with E-state index in [4.69, 9.17) is 16.3 Å². The molecule has 19 heavy (non-hydrogen) atoms. The van der Waals surface area contributed by atoms with Crippen LogP contribution in [0.5, 0.6) is 5.75 Å².